The van der Waals surface area contributed by atoms with Crippen LogP contribution in [0.5, 0.6) is 0 Å². The number of carbonyl (C=O) groups is 3. The number of benzene rings is 3. The first-order chi connectivity index (χ1) is 18.4. The lowest BCUT2D eigenvalue weighted by atomic mass is 10.00. The molecule has 1 heterocycles. The molecule has 4 rings (SSSR count). The first-order valence-corrected chi connectivity index (χ1v) is 14.7. The fraction of sp³-hybridized carbons (Fsp3) is 0.233. The van der Waals surface area contributed by atoms with Gasteiger partial charge in [0.05, 0.1) is 23.1 Å². The van der Waals surface area contributed by atoms with Crippen LogP contribution >= 0.6 is 34.7 Å². The molecule has 1 atom stereocenters. The van der Waals surface area contributed by atoms with Gasteiger partial charge in [-0.15, -0.1) is 23.1 Å². The quantitative estimate of drug-likeness (QED) is 0.186. The number of rotatable bonds is 13. The van der Waals surface area contributed by atoms with Gasteiger partial charge in [0.25, 0.3) is 5.91 Å². The van der Waals surface area contributed by atoms with Gasteiger partial charge >= 0.3 is 5.97 Å². The molecule has 0 aliphatic rings. The van der Waals surface area contributed by atoms with E-state index >= 15 is 0 Å². The minimum absolute atomic E-state index is 0.0767. The Morgan fingerprint density at radius 1 is 0.895 bits per heavy atom. The maximum Gasteiger partial charge on any atom is 0.305 e. The van der Waals surface area contributed by atoms with Gasteiger partial charge in [0.15, 0.2) is 5.78 Å². The second-order valence-corrected chi connectivity index (χ2v) is 11.5. The Labute approximate surface area is 235 Å². The molecular formula is C30H28ClNO4S2. The highest BCUT2D eigenvalue weighted by atomic mass is 35.5. The number of Topliss-reactive ketones (excluding diaryl/α,β-unsaturated/α-hetero) is 1. The number of aliphatic carboxylic acids is 1. The summed E-state index contributed by atoms with van der Waals surface area (Å²) >= 11 is 8.89. The third kappa shape index (κ3) is 7.69. The number of aryl methyl sites for hydroxylation is 2. The van der Waals surface area contributed by atoms with Crippen LogP contribution in [0, 0.1) is 0 Å². The van der Waals surface area contributed by atoms with Crippen LogP contribution in [0.1, 0.15) is 38.5 Å². The highest BCUT2D eigenvalue weighted by Gasteiger charge is 2.24. The molecule has 0 spiro atoms. The van der Waals surface area contributed by atoms with Crippen molar-refractivity contribution in [1.29, 1.82) is 0 Å². The van der Waals surface area contributed by atoms with Gasteiger partial charge in [-0.3, -0.25) is 14.4 Å². The van der Waals surface area contributed by atoms with Crippen LogP contribution in [0.25, 0.3) is 10.8 Å². The SMILES string of the molecule is O=C(O)CC(NC(=O)c1ccc(CCCc2cccc3ccccc23)s1)C(=O)CSCc1ccccc1Cl. The van der Waals surface area contributed by atoms with Crippen LogP contribution in [-0.2, 0) is 28.2 Å². The normalized spacial score (nSPS) is 11.8. The Bertz CT molecular complexity index is 1430. The van der Waals surface area contributed by atoms with E-state index in [2.05, 4.69) is 41.7 Å². The van der Waals surface area contributed by atoms with Crippen molar-refractivity contribution in [3.63, 3.8) is 0 Å². The Morgan fingerprint density at radius 3 is 2.45 bits per heavy atom. The molecule has 1 aromatic heterocycles. The molecule has 5 nitrogen and oxygen atoms in total. The number of thiophene rings is 1. The van der Waals surface area contributed by atoms with Gasteiger partial charge in [0.2, 0.25) is 0 Å². The van der Waals surface area contributed by atoms with E-state index in [1.807, 2.05) is 30.3 Å². The second kappa shape index (κ2) is 13.6. The third-order valence-electron chi connectivity index (χ3n) is 6.17. The smallest absolute Gasteiger partial charge is 0.305 e. The van der Waals surface area contributed by atoms with E-state index in [1.54, 1.807) is 12.1 Å². The van der Waals surface area contributed by atoms with Crippen molar-refractivity contribution in [3.8, 4) is 0 Å². The summed E-state index contributed by atoms with van der Waals surface area (Å²) in [5.41, 5.74) is 2.21. The van der Waals surface area contributed by atoms with Crippen LogP contribution in [0.3, 0.4) is 0 Å². The summed E-state index contributed by atoms with van der Waals surface area (Å²) in [6, 6.07) is 24.6. The molecule has 0 aliphatic carbocycles. The summed E-state index contributed by atoms with van der Waals surface area (Å²) in [7, 11) is 0. The second-order valence-electron chi connectivity index (χ2n) is 8.93. The van der Waals surface area contributed by atoms with E-state index in [0.717, 1.165) is 29.7 Å². The first kappa shape index (κ1) is 27.9. The molecule has 0 radical (unpaired) electrons. The topological polar surface area (TPSA) is 83.5 Å². The molecule has 38 heavy (non-hydrogen) atoms. The molecule has 3 aromatic carbocycles. The van der Waals surface area contributed by atoms with Gasteiger partial charge in [-0.2, -0.15) is 0 Å². The number of hydrogen-bond donors (Lipinski definition) is 2. The summed E-state index contributed by atoms with van der Waals surface area (Å²) < 4.78 is 0. The lowest BCUT2D eigenvalue weighted by Crippen LogP contribution is -2.43. The van der Waals surface area contributed by atoms with Crippen molar-refractivity contribution in [2.24, 2.45) is 0 Å². The summed E-state index contributed by atoms with van der Waals surface area (Å²) in [5.74, 6) is -1.30. The minimum atomic E-state index is -1.14. The van der Waals surface area contributed by atoms with Crippen molar-refractivity contribution in [2.75, 3.05) is 5.75 Å². The van der Waals surface area contributed by atoms with E-state index in [1.165, 1.54) is 39.4 Å². The Kier molecular flexibility index (Phi) is 9.98. The van der Waals surface area contributed by atoms with Gasteiger partial charge in [0, 0.05) is 15.7 Å². The lowest BCUT2D eigenvalue weighted by Gasteiger charge is -2.15. The molecule has 1 unspecified atom stereocenters. The van der Waals surface area contributed by atoms with Crippen LogP contribution in [0.15, 0.2) is 78.9 Å². The molecule has 4 aromatic rings. The first-order valence-electron chi connectivity index (χ1n) is 12.3. The zero-order valence-electron chi connectivity index (χ0n) is 20.7. The highest BCUT2D eigenvalue weighted by molar-refractivity contribution is 7.99. The number of ketones is 1. The van der Waals surface area contributed by atoms with Crippen LogP contribution < -0.4 is 5.32 Å². The number of carboxylic acids is 1. The molecule has 1 amide bonds. The number of carboxylic acid groups (broad SMARTS) is 1. The monoisotopic (exact) mass is 565 g/mol. The molecule has 0 aliphatic heterocycles. The summed E-state index contributed by atoms with van der Waals surface area (Å²) in [6.07, 6.45) is 2.25. The number of hydrogen-bond acceptors (Lipinski definition) is 5. The average Bonchev–Trinajstić information content (AvgIpc) is 3.38. The standard InChI is InChI=1S/C30H28ClNO4S2/c31-25-14-4-2-8-22(25)18-37-19-27(33)26(17-29(34)35)32-30(36)28-16-15-23(38-28)12-6-11-21-10-5-9-20-7-1-3-13-24(20)21/h1-5,7-10,13-16,26H,6,11-12,17-19H2,(H,32,36)(H,34,35). The number of amides is 1. The minimum Gasteiger partial charge on any atom is -0.481 e. The molecule has 0 saturated heterocycles. The lowest BCUT2D eigenvalue weighted by molar-refractivity contribution is -0.139. The molecule has 0 fully saturated rings. The van der Waals surface area contributed by atoms with Crippen molar-refractivity contribution in [2.45, 2.75) is 37.5 Å². The number of carbonyl (C=O) groups excluding carboxylic acids is 2. The van der Waals surface area contributed by atoms with E-state index in [-0.39, 0.29) is 11.5 Å². The maximum atomic E-state index is 12.9. The van der Waals surface area contributed by atoms with Crippen molar-refractivity contribution >= 4 is 63.1 Å². The summed E-state index contributed by atoms with van der Waals surface area (Å²) in [5, 5.41) is 15.0. The van der Waals surface area contributed by atoms with Crippen molar-refractivity contribution < 1.29 is 19.5 Å². The fourth-order valence-electron chi connectivity index (χ4n) is 4.22. The van der Waals surface area contributed by atoms with E-state index in [4.69, 9.17) is 11.6 Å². The van der Waals surface area contributed by atoms with Gasteiger partial charge in [-0.1, -0.05) is 72.3 Å². The van der Waals surface area contributed by atoms with Crippen molar-refractivity contribution in [1.82, 2.24) is 5.32 Å². The maximum absolute atomic E-state index is 12.9. The summed E-state index contributed by atoms with van der Waals surface area (Å²) in [4.78, 5) is 38.5. The molecule has 196 valence electrons. The molecule has 8 heteroatoms. The predicted molar refractivity (Wildman–Crippen MR) is 156 cm³/mol. The van der Waals surface area contributed by atoms with Crippen LogP contribution in [-0.4, -0.2) is 34.6 Å². The van der Waals surface area contributed by atoms with Gasteiger partial charge in [-0.05, 0) is 59.4 Å². The number of nitrogens with one attached hydrogen (secondary N) is 1. The molecule has 0 saturated carbocycles. The van der Waals surface area contributed by atoms with Crippen LogP contribution in [0.2, 0.25) is 5.02 Å². The van der Waals surface area contributed by atoms with Gasteiger partial charge in [0.1, 0.15) is 0 Å². The molecule has 0 bridgehead atoms. The number of thioether (sulfide) groups is 1. The van der Waals surface area contributed by atoms with E-state index in [0.29, 0.717) is 15.7 Å². The van der Waals surface area contributed by atoms with Gasteiger partial charge < -0.3 is 10.4 Å². The molecular weight excluding hydrogens is 538 g/mol. The Hall–Kier alpha value is -3.13. The number of fused-ring (bicyclic) bond motifs is 1. The Morgan fingerprint density at radius 2 is 1.63 bits per heavy atom. The van der Waals surface area contributed by atoms with Gasteiger partial charge in [-0.25, -0.2) is 0 Å². The zero-order valence-corrected chi connectivity index (χ0v) is 23.1. The van der Waals surface area contributed by atoms with Crippen molar-refractivity contribution in [3.05, 3.63) is 105 Å². The highest BCUT2D eigenvalue weighted by Crippen LogP contribution is 2.24. The fourth-order valence-corrected chi connectivity index (χ4v) is 6.44. The zero-order chi connectivity index (χ0) is 26.9. The molecule has 2 N–H and O–H groups in total. The average molecular weight is 566 g/mol. The summed E-state index contributed by atoms with van der Waals surface area (Å²) in [6.45, 7) is 0. The van der Waals surface area contributed by atoms with E-state index in [9.17, 15) is 19.5 Å². The largest absolute Gasteiger partial charge is 0.481 e. The van der Waals surface area contributed by atoms with Crippen LogP contribution in [0.4, 0.5) is 0 Å². The van der Waals surface area contributed by atoms with E-state index < -0.39 is 24.3 Å². The number of halogens is 1. The predicted octanol–water partition coefficient (Wildman–Crippen LogP) is 6.81. The Balaban J connectivity index is 1.30. The third-order valence-corrected chi connectivity index (χ3v) is 8.68.